The molecule has 2 atom stereocenters. The molecule has 194 valence electrons. The van der Waals surface area contributed by atoms with Crippen molar-refractivity contribution in [3.63, 3.8) is 0 Å². The van der Waals surface area contributed by atoms with E-state index in [9.17, 15) is 9.59 Å². The summed E-state index contributed by atoms with van der Waals surface area (Å²) in [4.78, 5) is 29.4. The number of nitrogens with zero attached hydrogens (tertiary/aromatic N) is 1. The first-order valence-electron chi connectivity index (χ1n) is 12.8. The monoisotopic (exact) mass is 504 g/mol. The van der Waals surface area contributed by atoms with Gasteiger partial charge in [0.1, 0.15) is 18.1 Å². The van der Waals surface area contributed by atoms with Crippen LogP contribution in [-0.2, 0) is 16.1 Å². The maximum absolute atomic E-state index is 14.1. The third-order valence-corrected chi connectivity index (χ3v) is 6.92. The molecule has 1 saturated carbocycles. The van der Waals surface area contributed by atoms with Crippen LogP contribution in [0.3, 0.4) is 0 Å². The average Bonchev–Trinajstić information content (AvgIpc) is 3.47. The predicted octanol–water partition coefficient (Wildman–Crippen LogP) is 4.65. The number of methoxy groups -OCH3 is 1. The molecule has 1 aromatic heterocycles. The number of amides is 2. The molecule has 1 aliphatic carbocycles. The molecule has 1 aliphatic heterocycles. The van der Waals surface area contributed by atoms with Crippen molar-refractivity contribution in [3.05, 3.63) is 78.3 Å². The Morgan fingerprint density at radius 1 is 1.00 bits per heavy atom. The molecule has 1 N–H and O–H groups in total. The quantitative estimate of drug-likeness (QED) is 0.480. The first kappa shape index (κ1) is 24.7. The SMILES string of the molecule is COc1ccccc1CN(C(=O)[C@@H]1COc2ccccc2O1)[C@@H](C(=O)NC1CCCCC1)c1ccco1. The van der Waals surface area contributed by atoms with Gasteiger partial charge in [-0.1, -0.05) is 49.6 Å². The van der Waals surface area contributed by atoms with Gasteiger partial charge in [-0.05, 0) is 43.2 Å². The summed E-state index contributed by atoms with van der Waals surface area (Å²) >= 11 is 0. The van der Waals surface area contributed by atoms with Gasteiger partial charge in [0, 0.05) is 11.6 Å². The van der Waals surface area contributed by atoms with Crippen LogP contribution in [0.5, 0.6) is 17.2 Å². The molecule has 2 heterocycles. The maximum Gasteiger partial charge on any atom is 0.268 e. The topological polar surface area (TPSA) is 90.2 Å². The number of carbonyl (C=O) groups is 2. The standard InChI is InChI=1S/C29H32N2O6/c1-34-22-13-6-5-10-20(22)18-31(29(33)26-19-36-23-14-7-8-15-24(23)37-26)27(25-16-9-17-35-25)28(32)30-21-11-3-2-4-12-21/h5-10,13-17,21,26-27H,2-4,11-12,18-19H2,1H3,(H,30,32)/t26-,27+/m0/s1. The molecule has 0 saturated heterocycles. The molecule has 8 heteroatoms. The Balaban J connectivity index is 1.49. The number of para-hydroxylation sites is 3. The van der Waals surface area contributed by atoms with Crippen LogP contribution in [0.2, 0.25) is 0 Å². The van der Waals surface area contributed by atoms with Gasteiger partial charge in [-0.15, -0.1) is 0 Å². The van der Waals surface area contributed by atoms with Gasteiger partial charge in [-0.2, -0.15) is 0 Å². The number of hydrogen-bond donors (Lipinski definition) is 1. The van der Waals surface area contributed by atoms with E-state index < -0.39 is 12.1 Å². The predicted molar refractivity (Wildman–Crippen MR) is 136 cm³/mol. The lowest BCUT2D eigenvalue weighted by Gasteiger charge is -2.35. The zero-order valence-electron chi connectivity index (χ0n) is 20.9. The van der Waals surface area contributed by atoms with E-state index in [4.69, 9.17) is 18.6 Å². The van der Waals surface area contributed by atoms with E-state index in [0.717, 1.165) is 31.2 Å². The van der Waals surface area contributed by atoms with Gasteiger partial charge in [-0.25, -0.2) is 0 Å². The molecule has 0 spiro atoms. The number of benzene rings is 2. The number of carbonyl (C=O) groups excluding carboxylic acids is 2. The Kier molecular flexibility index (Phi) is 7.63. The largest absolute Gasteiger partial charge is 0.496 e. The highest BCUT2D eigenvalue weighted by Crippen LogP contribution is 2.34. The third kappa shape index (κ3) is 5.58. The highest BCUT2D eigenvalue weighted by atomic mass is 16.6. The van der Waals surface area contributed by atoms with Gasteiger partial charge < -0.3 is 28.8 Å². The number of rotatable bonds is 8. The Morgan fingerprint density at radius 2 is 1.76 bits per heavy atom. The fourth-order valence-corrected chi connectivity index (χ4v) is 5.04. The third-order valence-electron chi connectivity index (χ3n) is 6.92. The number of ether oxygens (including phenoxy) is 3. The average molecular weight is 505 g/mol. The van der Waals surface area contributed by atoms with Crippen LogP contribution < -0.4 is 19.5 Å². The van der Waals surface area contributed by atoms with Crippen LogP contribution in [0.25, 0.3) is 0 Å². The van der Waals surface area contributed by atoms with Gasteiger partial charge in [-0.3, -0.25) is 9.59 Å². The van der Waals surface area contributed by atoms with Crippen LogP contribution in [-0.4, -0.2) is 42.6 Å². The van der Waals surface area contributed by atoms with E-state index in [2.05, 4.69) is 5.32 Å². The van der Waals surface area contributed by atoms with Crippen LogP contribution >= 0.6 is 0 Å². The van der Waals surface area contributed by atoms with Crippen LogP contribution in [0.1, 0.15) is 49.5 Å². The normalized spacial score (nSPS) is 18.0. The number of fused-ring (bicyclic) bond motifs is 1. The van der Waals surface area contributed by atoms with Crippen LogP contribution in [0, 0.1) is 0 Å². The second-order valence-electron chi connectivity index (χ2n) is 9.40. The second kappa shape index (κ2) is 11.4. The fourth-order valence-electron chi connectivity index (χ4n) is 5.04. The van der Waals surface area contributed by atoms with Crippen molar-refractivity contribution >= 4 is 11.8 Å². The Morgan fingerprint density at radius 3 is 2.51 bits per heavy atom. The lowest BCUT2D eigenvalue weighted by molar-refractivity contribution is -0.150. The molecule has 0 unspecified atom stereocenters. The minimum atomic E-state index is -0.991. The summed E-state index contributed by atoms with van der Waals surface area (Å²) in [5.74, 6) is 1.43. The summed E-state index contributed by atoms with van der Waals surface area (Å²) in [5.41, 5.74) is 0.762. The fraction of sp³-hybridized carbons (Fsp3) is 0.379. The van der Waals surface area contributed by atoms with E-state index in [1.165, 1.54) is 17.6 Å². The maximum atomic E-state index is 14.1. The number of furan rings is 1. The van der Waals surface area contributed by atoms with Gasteiger partial charge in [0.2, 0.25) is 6.10 Å². The van der Waals surface area contributed by atoms with Gasteiger partial charge in [0.15, 0.2) is 17.5 Å². The van der Waals surface area contributed by atoms with Crippen molar-refractivity contribution in [1.29, 1.82) is 0 Å². The zero-order chi connectivity index (χ0) is 25.6. The summed E-state index contributed by atoms with van der Waals surface area (Å²) < 4.78 is 23.2. The summed E-state index contributed by atoms with van der Waals surface area (Å²) in [6.45, 7) is 0.154. The molecule has 3 aromatic rings. The lowest BCUT2D eigenvalue weighted by Crippen LogP contribution is -2.52. The highest BCUT2D eigenvalue weighted by Gasteiger charge is 2.40. The van der Waals surface area contributed by atoms with Crippen molar-refractivity contribution in [3.8, 4) is 17.2 Å². The molecule has 2 amide bonds. The smallest absolute Gasteiger partial charge is 0.268 e. The van der Waals surface area contributed by atoms with Crippen molar-refractivity contribution in [2.24, 2.45) is 0 Å². The zero-order valence-corrected chi connectivity index (χ0v) is 20.9. The van der Waals surface area contributed by atoms with Crippen molar-refractivity contribution in [2.75, 3.05) is 13.7 Å². The van der Waals surface area contributed by atoms with Gasteiger partial charge >= 0.3 is 0 Å². The van der Waals surface area contributed by atoms with E-state index in [0.29, 0.717) is 23.0 Å². The molecule has 5 rings (SSSR count). The van der Waals surface area contributed by atoms with Crippen LogP contribution in [0.15, 0.2) is 71.3 Å². The minimum absolute atomic E-state index is 0.0351. The summed E-state index contributed by atoms with van der Waals surface area (Å²) in [6, 6.07) is 17.2. The molecule has 0 radical (unpaired) electrons. The Labute approximate surface area is 216 Å². The van der Waals surface area contributed by atoms with E-state index in [1.807, 2.05) is 36.4 Å². The Hall–Kier alpha value is -3.94. The molecule has 0 bridgehead atoms. The molecule has 2 aromatic carbocycles. The molecule has 1 fully saturated rings. The molecule has 37 heavy (non-hydrogen) atoms. The van der Waals surface area contributed by atoms with Crippen LogP contribution in [0.4, 0.5) is 0 Å². The van der Waals surface area contributed by atoms with Gasteiger partial charge in [0.05, 0.1) is 19.9 Å². The van der Waals surface area contributed by atoms with E-state index in [-0.39, 0.29) is 31.0 Å². The Bertz CT molecular complexity index is 1200. The number of hydrogen-bond acceptors (Lipinski definition) is 6. The van der Waals surface area contributed by atoms with Crippen molar-refractivity contribution in [1.82, 2.24) is 10.2 Å². The van der Waals surface area contributed by atoms with Gasteiger partial charge in [0.25, 0.3) is 11.8 Å². The summed E-state index contributed by atoms with van der Waals surface area (Å²) in [7, 11) is 1.58. The number of nitrogens with one attached hydrogen (secondary N) is 1. The summed E-state index contributed by atoms with van der Waals surface area (Å²) in [6.07, 6.45) is 5.76. The lowest BCUT2D eigenvalue weighted by atomic mass is 9.95. The molecular weight excluding hydrogens is 472 g/mol. The minimum Gasteiger partial charge on any atom is -0.496 e. The van der Waals surface area contributed by atoms with E-state index >= 15 is 0 Å². The molecule has 2 aliphatic rings. The summed E-state index contributed by atoms with van der Waals surface area (Å²) in [5, 5.41) is 3.18. The molecular formula is C29H32N2O6. The highest BCUT2D eigenvalue weighted by molar-refractivity contribution is 5.90. The second-order valence-corrected chi connectivity index (χ2v) is 9.40. The molecule has 8 nitrogen and oxygen atoms in total. The first-order chi connectivity index (χ1) is 18.1. The van der Waals surface area contributed by atoms with Crippen molar-refractivity contribution < 1.29 is 28.2 Å². The first-order valence-corrected chi connectivity index (χ1v) is 12.8. The van der Waals surface area contributed by atoms with Crippen molar-refractivity contribution in [2.45, 2.75) is 56.8 Å². The van der Waals surface area contributed by atoms with E-state index in [1.54, 1.807) is 31.4 Å².